The Bertz CT molecular complexity index is 549. The van der Waals surface area contributed by atoms with Gasteiger partial charge in [0, 0.05) is 12.0 Å². The minimum absolute atomic E-state index is 0.0461. The lowest BCUT2D eigenvalue weighted by molar-refractivity contribution is 0.390. The maximum absolute atomic E-state index is 9.90. The zero-order valence-corrected chi connectivity index (χ0v) is 9.37. The van der Waals surface area contributed by atoms with Crippen molar-refractivity contribution in [2.24, 2.45) is 0 Å². The normalized spacial score (nSPS) is 18.9. The first-order valence-electron chi connectivity index (χ1n) is 5.74. The predicted molar refractivity (Wildman–Crippen MR) is 63.6 cm³/mol. The molecule has 2 heterocycles. The molecule has 5 nitrogen and oxygen atoms in total. The van der Waals surface area contributed by atoms with Crippen molar-refractivity contribution in [1.82, 2.24) is 14.8 Å². The molecule has 1 aliphatic rings. The maximum atomic E-state index is 9.90. The Hall–Kier alpha value is -2.04. The lowest BCUT2D eigenvalue weighted by atomic mass is 9.97. The summed E-state index contributed by atoms with van der Waals surface area (Å²) in [5, 5.41) is 14.1. The number of aryl methyl sites for hydroxylation is 1. The van der Waals surface area contributed by atoms with Gasteiger partial charge in [0.15, 0.2) is 0 Å². The molecule has 1 aliphatic heterocycles. The highest BCUT2D eigenvalue weighted by Gasteiger charge is 2.25. The van der Waals surface area contributed by atoms with Gasteiger partial charge in [0.1, 0.15) is 11.6 Å². The molecule has 2 aromatic rings. The number of aromatic hydroxyl groups is 1. The first-order chi connectivity index (χ1) is 8.25. The molecule has 3 rings (SSSR count). The predicted octanol–water partition coefficient (Wildman–Crippen LogP) is 1.49. The molecular formula is C12H14N4O. The minimum atomic E-state index is 0.0461. The van der Waals surface area contributed by atoms with Crippen molar-refractivity contribution in [2.45, 2.75) is 25.3 Å². The van der Waals surface area contributed by atoms with Crippen molar-refractivity contribution in [3.8, 4) is 5.75 Å². The van der Waals surface area contributed by atoms with E-state index < -0.39 is 0 Å². The fraction of sp³-hybridized carbons (Fsp3) is 0.333. The van der Waals surface area contributed by atoms with Crippen molar-refractivity contribution >= 4 is 5.95 Å². The van der Waals surface area contributed by atoms with E-state index in [4.69, 9.17) is 5.73 Å². The molecule has 0 saturated heterocycles. The summed E-state index contributed by atoms with van der Waals surface area (Å²) < 4.78 is 1.84. The lowest BCUT2D eigenvalue weighted by Crippen LogP contribution is -2.20. The van der Waals surface area contributed by atoms with Gasteiger partial charge in [-0.25, -0.2) is 4.68 Å². The van der Waals surface area contributed by atoms with Crippen LogP contribution >= 0.6 is 0 Å². The highest BCUT2D eigenvalue weighted by atomic mass is 16.3. The summed E-state index contributed by atoms with van der Waals surface area (Å²) in [6, 6.07) is 7.41. The molecule has 0 saturated carbocycles. The number of rotatable bonds is 1. The molecule has 88 valence electrons. The molecule has 1 aromatic heterocycles. The molecule has 0 bridgehead atoms. The average Bonchev–Trinajstić information content (AvgIpc) is 2.70. The van der Waals surface area contributed by atoms with Crippen molar-refractivity contribution in [3.63, 3.8) is 0 Å². The van der Waals surface area contributed by atoms with Gasteiger partial charge in [0.2, 0.25) is 5.95 Å². The van der Waals surface area contributed by atoms with Crippen LogP contribution in [0.2, 0.25) is 0 Å². The van der Waals surface area contributed by atoms with E-state index in [2.05, 4.69) is 10.1 Å². The lowest BCUT2D eigenvalue weighted by Gasteiger charge is -2.24. The molecule has 1 aromatic carbocycles. The van der Waals surface area contributed by atoms with Crippen LogP contribution in [0.1, 0.15) is 30.3 Å². The third kappa shape index (κ3) is 1.63. The maximum Gasteiger partial charge on any atom is 0.239 e. The number of benzene rings is 1. The molecule has 17 heavy (non-hydrogen) atoms. The summed E-state index contributed by atoms with van der Waals surface area (Å²) in [7, 11) is 0. The quantitative estimate of drug-likeness (QED) is 0.778. The van der Waals surface area contributed by atoms with Crippen LogP contribution in [0.5, 0.6) is 5.75 Å². The summed E-state index contributed by atoms with van der Waals surface area (Å²) in [4.78, 5) is 4.20. The molecule has 5 heteroatoms. The van der Waals surface area contributed by atoms with Gasteiger partial charge in [-0.1, -0.05) is 18.2 Å². The van der Waals surface area contributed by atoms with E-state index in [1.807, 2.05) is 22.9 Å². The molecule has 0 amide bonds. The fourth-order valence-electron chi connectivity index (χ4n) is 2.43. The Balaban J connectivity index is 2.09. The Morgan fingerprint density at radius 1 is 1.35 bits per heavy atom. The number of nitrogen functional groups attached to an aromatic ring is 1. The van der Waals surface area contributed by atoms with E-state index >= 15 is 0 Å². The van der Waals surface area contributed by atoms with E-state index in [0.29, 0.717) is 11.7 Å². The molecule has 3 N–H and O–H groups in total. The summed E-state index contributed by atoms with van der Waals surface area (Å²) in [6.45, 7) is 0. The standard InChI is InChI=1S/C12H14N4O/c13-12-14-11-7-3-5-9(16(11)15-12)8-4-1-2-6-10(8)17/h1-2,4,6,9,17H,3,5,7H2,(H2,13,15). The first kappa shape index (κ1) is 10.1. The largest absolute Gasteiger partial charge is 0.508 e. The van der Waals surface area contributed by atoms with Crippen LogP contribution in [0.15, 0.2) is 24.3 Å². The smallest absolute Gasteiger partial charge is 0.239 e. The number of fused-ring (bicyclic) bond motifs is 1. The van der Waals surface area contributed by atoms with Crippen LogP contribution in [0.3, 0.4) is 0 Å². The zero-order chi connectivity index (χ0) is 11.8. The Morgan fingerprint density at radius 2 is 2.18 bits per heavy atom. The highest BCUT2D eigenvalue weighted by molar-refractivity contribution is 5.35. The number of anilines is 1. The average molecular weight is 230 g/mol. The van der Waals surface area contributed by atoms with Crippen LogP contribution in [0.25, 0.3) is 0 Å². The monoisotopic (exact) mass is 230 g/mol. The number of nitrogens with two attached hydrogens (primary N) is 1. The van der Waals surface area contributed by atoms with Gasteiger partial charge in [0.05, 0.1) is 6.04 Å². The Kier molecular flexibility index (Phi) is 2.24. The van der Waals surface area contributed by atoms with Crippen molar-refractivity contribution in [2.75, 3.05) is 5.73 Å². The number of para-hydroxylation sites is 1. The number of phenolic OH excluding ortho intramolecular Hbond substituents is 1. The molecule has 0 aliphatic carbocycles. The zero-order valence-electron chi connectivity index (χ0n) is 9.37. The topological polar surface area (TPSA) is 77.0 Å². The molecule has 0 spiro atoms. The van der Waals surface area contributed by atoms with Gasteiger partial charge in [-0.3, -0.25) is 0 Å². The molecule has 1 unspecified atom stereocenters. The highest BCUT2D eigenvalue weighted by Crippen LogP contribution is 2.34. The van der Waals surface area contributed by atoms with Crippen molar-refractivity contribution in [3.05, 3.63) is 35.7 Å². The van der Waals surface area contributed by atoms with Gasteiger partial charge >= 0.3 is 0 Å². The van der Waals surface area contributed by atoms with Gasteiger partial charge in [0.25, 0.3) is 0 Å². The number of nitrogens with zero attached hydrogens (tertiary/aromatic N) is 3. The first-order valence-corrected chi connectivity index (χ1v) is 5.74. The summed E-state index contributed by atoms with van der Waals surface area (Å²) in [6.07, 6.45) is 2.89. The number of phenols is 1. The van der Waals surface area contributed by atoms with Gasteiger partial charge < -0.3 is 10.8 Å². The summed E-state index contributed by atoms with van der Waals surface area (Å²) in [5.41, 5.74) is 6.52. The van der Waals surface area contributed by atoms with Gasteiger partial charge in [-0.15, -0.1) is 5.10 Å². The Morgan fingerprint density at radius 3 is 3.00 bits per heavy atom. The van der Waals surface area contributed by atoms with Crippen LogP contribution in [-0.2, 0) is 6.42 Å². The third-order valence-electron chi connectivity index (χ3n) is 3.19. The number of hydrogen-bond acceptors (Lipinski definition) is 4. The van der Waals surface area contributed by atoms with Gasteiger partial charge in [-0.05, 0) is 18.9 Å². The molecule has 0 fully saturated rings. The van der Waals surface area contributed by atoms with E-state index in [0.717, 1.165) is 30.7 Å². The van der Waals surface area contributed by atoms with Crippen LogP contribution < -0.4 is 5.73 Å². The molecule has 0 radical (unpaired) electrons. The summed E-state index contributed by atoms with van der Waals surface area (Å²) >= 11 is 0. The second-order valence-electron chi connectivity index (χ2n) is 4.30. The van der Waals surface area contributed by atoms with Gasteiger partial charge in [-0.2, -0.15) is 4.98 Å². The SMILES string of the molecule is Nc1nc2n(n1)C(c1ccccc1O)CCC2. The third-order valence-corrected chi connectivity index (χ3v) is 3.19. The van der Waals surface area contributed by atoms with E-state index in [9.17, 15) is 5.11 Å². The molecule has 1 atom stereocenters. The number of aromatic nitrogens is 3. The number of hydrogen-bond donors (Lipinski definition) is 2. The summed E-state index contributed by atoms with van der Waals surface area (Å²) in [5.74, 6) is 1.52. The van der Waals surface area contributed by atoms with Crippen molar-refractivity contribution < 1.29 is 5.11 Å². The fourth-order valence-corrected chi connectivity index (χ4v) is 2.43. The van der Waals surface area contributed by atoms with Crippen molar-refractivity contribution in [1.29, 1.82) is 0 Å². The van der Waals surface area contributed by atoms with Crippen LogP contribution in [-0.4, -0.2) is 19.9 Å². The van der Waals surface area contributed by atoms with Crippen LogP contribution in [0, 0.1) is 0 Å². The molecular weight excluding hydrogens is 216 g/mol. The second kappa shape index (κ2) is 3.76. The minimum Gasteiger partial charge on any atom is -0.508 e. The van der Waals surface area contributed by atoms with E-state index in [1.54, 1.807) is 6.07 Å². The van der Waals surface area contributed by atoms with E-state index in [-0.39, 0.29) is 6.04 Å². The van der Waals surface area contributed by atoms with Crippen LogP contribution in [0.4, 0.5) is 5.95 Å². The van der Waals surface area contributed by atoms with E-state index in [1.165, 1.54) is 0 Å². The second-order valence-corrected chi connectivity index (χ2v) is 4.30. The Labute approximate surface area is 98.9 Å².